The van der Waals surface area contributed by atoms with E-state index in [1.807, 2.05) is 57.8 Å². The summed E-state index contributed by atoms with van der Waals surface area (Å²) in [5, 5.41) is 46.1. The lowest BCUT2D eigenvalue weighted by atomic mass is 9.76. The SMILES string of the molecule is C.C.C.C.C.CCc1nn(C)c(C)c1-c1c(Cl)ccc2c1cc(C(=O)O)n2CCC(=O)O.CCc1nn(C)c(C)c1B1OC(C)(C)C(C)(C)O1.COC(=O)C1=Cc2c(ccc(Cl)c2Br)C1.COC(=O)CCn1c(C(=O)OC)cc2c(-c3c(CO)nn(C)c3C)c(Cl)ccc21.COC(=O)CCn1c(C(=O)OC)cc2c(Br)c(Cl)ccc21. The number of aliphatic hydroxyl groups excluding tert-OH is 1. The van der Waals surface area contributed by atoms with Crippen molar-refractivity contribution in [1.29, 1.82) is 0 Å². The lowest BCUT2D eigenvalue weighted by Crippen LogP contribution is -2.41. The molecule has 26 nitrogen and oxygen atoms in total. The van der Waals surface area contributed by atoms with E-state index >= 15 is 0 Å². The van der Waals surface area contributed by atoms with Crippen LogP contribution in [-0.4, -0.2) is 154 Å². The van der Waals surface area contributed by atoms with Gasteiger partial charge in [-0.05, 0) is 171 Å². The molecule has 12 rings (SSSR count). The van der Waals surface area contributed by atoms with Crippen LogP contribution in [0.2, 0.25) is 20.1 Å². The number of ether oxygens (including phenoxy) is 5. The lowest BCUT2D eigenvalue weighted by molar-refractivity contribution is -0.141. The second kappa shape index (κ2) is 42.4. The van der Waals surface area contributed by atoms with E-state index in [-0.39, 0.29) is 118 Å². The summed E-state index contributed by atoms with van der Waals surface area (Å²) in [6.07, 6.45) is 4.10. The van der Waals surface area contributed by atoms with E-state index in [1.165, 1.54) is 40.1 Å². The molecule has 3 N–H and O–H groups in total. The fraction of sp³-hybridized carbons (Fsp3) is 0.415. The summed E-state index contributed by atoms with van der Waals surface area (Å²) in [6.45, 7) is 18.6. The molecule has 626 valence electrons. The Labute approximate surface area is 709 Å². The number of aromatic carboxylic acids is 1. The minimum atomic E-state index is -1.11. The number of aliphatic hydroxyl groups is 1. The van der Waals surface area contributed by atoms with Crippen molar-refractivity contribution in [3.8, 4) is 22.3 Å². The summed E-state index contributed by atoms with van der Waals surface area (Å²) in [6, 6.07) is 19.2. The van der Waals surface area contributed by atoms with Gasteiger partial charge in [-0.15, -0.1) is 0 Å². The number of hydrogen-bond donors (Lipinski definition) is 3. The molecular formula is C82H106BBr2Cl4N9O17. The van der Waals surface area contributed by atoms with Gasteiger partial charge < -0.3 is 62.0 Å². The zero-order valence-corrected chi connectivity index (χ0v) is 70.1. The van der Waals surface area contributed by atoms with E-state index in [2.05, 4.69) is 98.2 Å². The second-order valence-electron chi connectivity index (χ2n) is 26.5. The monoisotopic (exact) mass is 1800 g/mol. The average Bonchev–Trinajstić information content (AvgIpc) is 1.60. The van der Waals surface area contributed by atoms with Gasteiger partial charge in [-0.1, -0.05) is 103 Å². The second-order valence-corrected chi connectivity index (χ2v) is 29.7. The number of carboxylic acids is 2. The Hall–Kier alpha value is -8.78. The molecule has 0 radical (unpaired) electrons. The van der Waals surface area contributed by atoms with Crippen LogP contribution in [0.25, 0.3) is 61.0 Å². The molecule has 0 bridgehead atoms. The molecule has 1 saturated heterocycles. The van der Waals surface area contributed by atoms with Crippen LogP contribution in [0.15, 0.2) is 81.2 Å². The number of aryl methyl sites for hydroxylation is 8. The number of carbonyl (C=O) groups excluding carboxylic acids is 5. The number of esters is 5. The number of halogens is 6. The van der Waals surface area contributed by atoms with Crippen LogP contribution >= 0.6 is 78.3 Å². The van der Waals surface area contributed by atoms with Crippen LogP contribution in [0.4, 0.5) is 0 Å². The number of carboxylic acid groups (broad SMARTS) is 2. The summed E-state index contributed by atoms with van der Waals surface area (Å²) in [7, 11) is 11.9. The highest BCUT2D eigenvalue weighted by atomic mass is 79.9. The normalized spacial score (nSPS) is 12.5. The fourth-order valence-corrected chi connectivity index (χ4v) is 14.7. The molecule has 1 aliphatic heterocycles. The smallest absolute Gasteiger partial charge is 0.481 e. The van der Waals surface area contributed by atoms with Crippen molar-refractivity contribution in [2.45, 2.75) is 175 Å². The molecule has 0 amide bonds. The molecule has 33 heteroatoms. The molecule has 6 aromatic heterocycles. The molecule has 0 saturated carbocycles. The molecule has 4 aromatic carbocycles. The van der Waals surface area contributed by atoms with Gasteiger partial charge in [-0.3, -0.25) is 28.4 Å². The number of methoxy groups -OCH3 is 5. The molecule has 0 atom stereocenters. The highest BCUT2D eigenvalue weighted by Crippen LogP contribution is 2.44. The highest BCUT2D eigenvalue weighted by molar-refractivity contribution is 9.11. The van der Waals surface area contributed by atoms with Gasteiger partial charge in [-0.2, -0.15) is 15.3 Å². The standard InChI is InChI=1S/C20H22ClN3O5.C19H20ClN3O4.C14H13BrClNO4.C13H23BN2O2.C11H8BrClO2.5CH4/c1-11-18(14(10-25)22-23(11)2)19-12-9-16(20(27)29-4)24(8-7-17(26)28-3)15(12)6-5-13(19)21;1-4-13-17(10(2)22(3)21-13)18-11-9-15(19(26)27)23(8-7-16(24)25)14(11)6-5-12(18)20;1-20-12(18)5-6-17-10-4-3-9(16)13(15)8(10)7-11(17)14(19)21-2;1-8-10-11(9(2)16(7)15-10)14-17-12(3,4)13(5,6)18-14;1-15-11(14)7-4-6-2-3-9(13)10(12)8(6)5-7;;;;;/h5-6,9,25H,7-8,10H2,1-4H3;5-6,9H,4,7-8H2,1-3H3,(H,24,25)(H,26,27);3-4,7H,5-6H2,1-2H3;8H2,1-7H3;2-3,5H,4H2,1H3;5*1H4. The number of aromatic nitrogens is 9. The minimum absolute atomic E-state index is 0. The first-order chi connectivity index (χ1) is 51.9. The summed E-state index contributed by atoms with van der Waals surface area (Å²) in [4.78, 5) is 81.4. The molecule has 2 aliphatic rings. The van der Waals surface area contributed by atoms with E-state index in [4.69, 9.17) is 75.0 Å². The van der Waals surface area contributed by atoms with Gasteiger partial charge in [0.2, 0.25) is 0 Å². The fourth-order valence-electron chi connectivity index (χ4n) is 12.9. The first kappa shape index (κ1) is 100. The van der Waals surface area contributed by atoms with Crippen LogP contribution < -0.4 is 5.46 Å². The van der Waals surface area contributed by atoms with Gasteiger partial charge >= 0.3 is 48.9 Å². The van der Waals surface area contributed by atoms with Crippen molar-refractivity contribution in [2.24, 2.45) is 21.1 Å². The third-order valence-corrected chi connectivity index (χ3v) is 23.0. The predicted molar refractivity (Wildman–Crippen MR) is 462 cm³/mol. The van der Waals surface area contributed by atoms with E-state index in [1.54, 1.807) is 80.1 Å². The summed E-state index contributed by atoms with van der Waals surface area (Å²) in [5.74, 6) is -4.12. The number of rotatable bonds is 19. The van der Waals surface area contributed by atoms with Crippen LogP contribution in [0.1, 0.15) is 175 Å². The largest absolute Gasteiger partial charge is 0.498 e. The third-order valence-electron chi connectivity index (χ3n) is 19.6. The Morgan fingerprint density at radius 2 is 0.887 bits per heavy atom. The maximum Gasteiger partial charge on any atom is 0.498 e. The third kappa shape index (κ3) is 21.3. The molecular weight excluding hydrogens is 1700 g/mol. The van der Waals surface area contributed by atoms with Crippen LogP contribution in [0.5, 0.6) is 0 Å². The van der Waals surface area contributed by atoms with Gasteiger partial charge in [0, 0.05) is 149 Å². The van der Waals surface area contributed by atoms with Gasteiger partial charge in [0.05, 0.1) is 99.7 Å². The van der Waals surface area contributed by atoms with Crippen molar-refractivity contribution in [2.75, 3.05) is 35.5 Å². The molecule has 0 spiro atoms. The summed E-state index contributed by atoms with van der Waals surface area (Å²) < 4.78 is 47.8. The molecule has 7 heterocycles. The van der Waals surface area contributed by atoms with E-state index in [9.17, 15) is 43.8 Å². The molecule has 0 unspecified atom stereocenters. The van der Waals surface area contributed by atoms with Gasteiger partial charge in [-0.25, -0.2) is 19.2 Å². The topological polar surface area (TPSA) is 313 Å². The van der Waals surface area contributed by atoms with Gasteiger partial charge in [0.25, 0.3) is 0 Å². The van der Waals surface area contributed by atoms with Crippen LogP contribution in [0.3, 0.4) is 0 Å². The number of nitrogens with zero attached hydrogens (tertiary/aromatic N) is 9. The van der Waals surface area contributed by atoms with Gasteiger partial charge in [0.15, 0.2) is 0 Å². The quantitative estimate of drug-likeness (QED) is 0.0385. The van der Waals surface area contributed by atoms with Crippen molar-refractivity contribution < 1.29 is 81.9 Å². The highest BCUT2D eigenvalue weighted by Gasteiger charge is 2.53. The first-order valence-electron chi connectivity index (χ1n) is 34.6. The number of benzene rings is 4. The maximum atomic E-state index is 12.4. The summed E-state index contributed by atoms with van der Waals surface area (Å²) >= 11 is 31.9. The average molecular weight is 1800 g/mol. The zero-order chi connectivity index (χ0) is 81.5. The minimum Gasteiger partial charge on any atom is -0.481 e. The molecule has 10 aromatic rings. The number of hydrogen-bond acceptors (Lipinski definition) is 18. The van der Waals surface area contributed by atoms with Gasteiger partial charge in [0.1, 0.15) is 17.1 Å². The first-order valence-corrected chi connectivity index (χ1v) is 37.7. The maximum absolute atomic E-state index is 12.4. The van der Waals surface area contributed by atoms with Crippen molar-refractivity contribution >= 4 is 171 Å². The Morgan fingerprint density at radius 1 is 0.504 bits per heavy atom. The van der Waals surface area contributed by atoms with Crippen molar-refractivity contribution in [1.82, 2.24) is 43.0 Å². The Balaban J connectivity index is 0.000000374. The zero-order valence-electron chi connectivity index (χ0n) is 63.9. The Morgan fingerprint density at radius 3 is 1.32 bits per heavy atom. The van der Waals surface area contributed by atoms with Crippen molar-refractivity contribution in [3.63, 3.8) is 0 Å². The Bertz CT molecular complexity index is 5250. The number of carbonyl (C=O) groups is 7. The van der Waals surface area contributed by atoms with E-state index < -0.39 is 23.9 Å². The lowest BCUT2D eigenvalue weighted by Gasteiger charge is -2.32. The molecule has 115 heavy (non-hydrogen) atoms. The van der Waals surface area contributed by atoms with E-state index in [0.29, 0.717) is 99.5 Å². The molecule has 1 aliphatic carbocycles. The predicted octanol–water partition coefficient (Wildman–Crippen LogP) is 18.0. The van der Waals surface area contributed by atoms with Crippen molar-refractivity contribution in [3.05, 3.63) is 164 Å². The molecule has 1 fully saturated rings. The summed E-state index contributed by atoms with van der Waals surface area (Å²) in [5.41, 5.74) is 14.3. The Kier molecular flexibility index (Phi) is 37.0. The van der Waals surface area contributed by atoms with E-state index in [0.717, 1.165) is 78.0 Å². The number of fused-ring (bicyclic) bond motifs is 4. The number of aliphatic carboxylic acids is 1. The van der Waals surface area contributed by atoms with Crippen LogP contribution in [0, 0.1) is 20.8 Å². The van der Waals surface area contributed by atoms with Crippen LogP contribution in [-0.2, 0) is 119 Å².